The number of halogens is 1. The van der Waals surface area contributed by atoms with Gasteiger partial charge in [-0.05, 0) is 0 Å². The predicted molar refractivity (Wildman–Crippen MR) is 50.8 cm³/mol. The highest BCUT2D eigenvalue weighted by Crippen LogP contribution is 2.27. The summed E-state index contributed by atoms with van der Waals surface area (Å²) in [5.74, 6) is 0.851. The molecule has 66 valence electrons. The Labute approximate surface area is 83.6 Å². The molecule has 1 saturated heterocycles. The van der Waals surface area contributed by atoms with Crippen molar-refractivity contribution in [1.82, 2.24) is 9.59 Å². The van der Waals surface area contributed by atoms with Gasteiger partial charge in [0, 0.05) is 17.3 Å². The van der Waals surface area contributed by atoms with Crippen molar-refractivity contribution >= 4 is 34.9 Å². The van der Waals surface area contributed by atoms with Gasteiger partial charge in [-0.15, -0.1) is 16.9 Å². The van der Waals surface area contributed by atoms with E-state index in [4.69, 9.17) is 16.3 Å². The molecule has 0 aromatic carbocycles. The molecule has 0 unspecified atom stereocenters. The molecule has 0 radical (unpaired) electrons. The highest BCUT2D eigenvalue weighted by atomic mass is 35.5. The van der Waals surface area contributed by atoms with Gasteiger partial charge in [0.25, 0.3) is 0 Å². The zero-order chi connectivity index (χ0) is 8.39. The molecule has 0 bridgehead atoms. The predicted octanol–water partition coefficient (Wildman–Crippen LogP) is 1.82. The van der Waals surface area contributed by atoms with Crippen LogP contribution >= 0.6 is 34.9 Å². The monoisotopic (exact) mass is 222 g/mol. The second-order valence-corrected chi connectivity index (χ2v) is 5.11. The second-order valence-electron chi connectivity index (χ2n) is 2.46. The van der Waals surface area contributed by atoms with Crippen LogP contribution in [0.15, 0.2) is 0 Å². The number of hydrogen-bond donors (Lipinski definition) is 0. The molecule has 0 amide bonds. The van der Waals surface area contributed by atoms with Crippen molar-refractivity contribution in [2.45, 2.75) is 11.0 Å². The molecule has 0 atom stereocenters. The van der Waals surface area contributed by atoms with Crippen LogP contribution in [0.3, 0.4) is 0 Å². The molecule has 2 rings (SSSR count). The summed E-state index contributed by atoms with van der Waals surface area (Å²) in [6, 6.07) is 0. The van der Waals surface area contributed by atoms with Crippen molar-refractivity contribution in [3.8, 4) is 0 Å². The maximum atomic E-state index is 5.83. The maximum absolute atomic E-state index is 5.83. The summed E-state index contributed by atoms with van der Waals surface area (Å²) >= 11 is 8.90. The van der Waals surface area contributed by atoms with E-state index >= 15 is 0 Å². The van der Waals surface area contributed by atoms with E-state index in [0.717, 1.165) is 24.7 Å². The third kappa shape index (κ3) is 1.90. The molecule has 0 saturated carbocycles. The summed E-state index contributed by atoms with van der Waals surface area (Å²) in [7, 11) is 0. The fraction of sp³-hybridized carbons (Fsp3) is 0.667. The number of ether oxygens (including phenoxy) is 1. The third-order valence-electron chi connectivity index (χ3n) is 1.57. The van der Waals surface area contributed by atoms with E-state index in [1.165, 1.54) is 11.5 Å². The van der Waals surface area contributed by atoms with Crippen molar-refractivity contribution in [3.05, 3.63) is 10.0 Å². The summed E-state index contributed by atoms with van der Waals surface area (Å²) < 4.78 is 9.52. The minimum absolute atomic E-state index is 0.628. The van der Waals surface area contributed by atoms with Crippen LogP contribution in [0.5, 0.6) is 0 Å². The van der Waals surface area contributed by atoms with E-state index < -0.39 is 0 Å². The molecule has 3 nitrogen and oxygen atoms in total. The largest absolute Gasteiger partial charge is 0.379 e. The van der Waals surface area contributed by atoms with Crippen LogP contribution in [0.4, 0.5) is 0 Å². The van der Waals surface area contributed by atoms with Crippen molar-refractivity contribution in [2.75, 3.05) is 13.2 Å². The first-order chi connectivity index (χ1) is 5.86. The van der Waals surface area contributed by atoms with Crippen LogP contribution in [0.25, 0.3) is 0 Å². The molecule has 1 aliphatic rings. The van der Waals surface area contributed by atoms with Crippen LogP contribution in [0, 0.1) is 0 Å². The summed E-state index contributed by atoms with van der Waals surface area (Å²) in [5.41, 5.74) is 0.901. The molecule has 12 heavy (non-hydrogen) atoms. The third-order valence-corrected chi connectivity index (χ3v) is 3.74. The van der Waals surface area contributed by atoms with Gasteiger partial charge in [0.2, 0.25) is 0 Å². The van der Waals surface area contributed by atoms with Gasteiger partial charge >= 0.3 is 0 Å². The van der Waals surface area contributed by atoms with Crippen molar-refractivity contribution in [1.29, 1.82) is 0 Å². The number of rotatable bonds is 3. The molecule has 0 N–H and O–H groups in total. The first kappa shape index (κ1) is 8.74. The molecule has 1 fully saturated rings. The van der Waals surface area contributed by atoms with Crippen LogP contribution in [-0.2, 0) is 10.5 Å². The number of thioether (sulfide) groups is 1. The van der Waals surface area contributed by atoms with Crippen molar-refractivity contribution in [2.24, 2.45) is 0 Å². The molecule has 6 heteroatoms. The summed E-state index contributed by atoms with van der Waals surface area (Å²) in [4.78, 5) is 0. The summed E-state index contributed by atoms with van der Waals surface area (Å²) in [6.07, 6.45) is 0. The Morgan fingerprint density at radius 2 is 2.50 bits per heavy atom. The van der Waals surface area contributed by atoms with Gasteiger partial charge in [-0.3, -0.25) is 0 Å². The van der Waals surface area contributed by atoms with Gasteiger partial charge in [-0.25, -0.2) is 0 Å². The van der Waals surface area contributed by atoms with E-state index in [1.54, 1.807) is 0 Å². The molecule has 0 aliphatic carbocycles. The summed E-state index contributed by atoms with van der Waals surface area (Å²) in [5, 5.41) is 4.55. The Morgan fingerprint density at radius 1 is 1.67 bits per heavy atom. The Balaban J connectivity index is 1.82. The second kappa shape index (κ2) is 3.91. The first-order valence-electron chi connectivity index (χ1n) is 3.52. The van der Waals surface area contributed by atoms with Gasteiger partial charge < -0.3 is 4.74 Å². The van der Waals surface area contributed by atoms with Crippen LogP contribution in [-0.4, -0.2) is 28.1 Å². The van der Waals surface area contributed by atoms with Gasteiger partial charge in [0.15, 0.2) is 0 Å². The lowest BCUT2D eigenvalue weighted by Gasteiger charge is -2.24. The van der Waals surface area contributed by atoms with E-state index in [-0.39, 0.29) is 0 Å². The molecule has 1 aliphatic heterocycles. The number of aromatic nitrogens is 2. The van der Waals surface area contributed by atoms with E-state index in [9.17, 15) is 0 Å². The Hall–Kier alpha value is 0.160. The minimum Gasteiger partial charge on any atom is -0.379 e. The fourth-order valence-corrected chi connectivity index (χ4v) is 2.57. The molecule has 1 aromatic rings. The molecular weight excluding hydrogens is 216 g/mol. The van der Waals surface area contributed by atoms with Gasteiger partial charge in [-0.2, -0.15) is 0 Å². The molecular formula is C6H7ClN2OS2. The fourth-order valence-electron chi connectivity index (χ4n) is 0.790. The SMILES string of the molecule is Clc1snnc1CSC1COC1. The average molecular weight is 223 g/mol. The van der Waals surface area contributed by atoms with Gasteiger partial charge in [-0.1, -0.05) is 16.1 Å². The van der Waals surface area contributed by atoms with Gasteiger partial charge in [0.1, 0.15) is 10.0 Å². The Kier molecular flexibility index (Phi) is 2.85. The quantitative estimate of drug-likeness (QED) is 0.782. The maximum Gasteiger partial charge on any atom is 0.138 e. The van der Waals surface area contributed by atoms with E-state index in [1.807, 2.05) is 11.8 Å². The van der Waals surface area contributed by atoms with E-state index in [2.05, 4.69) is 9.59 Å². The number of hydrogen-bond acceptors (Lipinski definition) is 5. The lowest BCUT2D eigenvalue weighted by molar-refractivity contribution is 0.0455. The molecule has 1 aromatic heterocycles. The zero-order valence-corrected chi connectivity index (χ0v) is 8.58. The van der Waals surface area contributed by atoms with Crippen molar-refractivity contribution in [3.63, 3.8) is 0 Å². The van der Waals surface area contributed by atoms with Crippen LogP contribution in [0.1, 0.15) is 5.69 Å². The average Bonchev–Trinajstić information content (AvgIpc) is 2.33. The molecule has 2 heterocycles. The molecule has 0 spiro atoms. The van der Waals surface area contributed by atoms with Crippen molar-refractivity contribution < 1.29 is 4.74 Å². The normalized spacial score (nSPS) is 17.8. The van der Waals surface area contributed by atoms with Crippen LogP contribution < -0.4 is 0 Å². The highest BCUT2D eigenvalue weighted by molar-refractivity contribution is 7.99. The highest BCUT2D eigenvalue weighted by Gasteiger charge is 2.19. The Morgan fingerprint density at radius 3 is 3.00 bits per heavy atom. The lowest BCUT2D eigenvalue weighted by Crippen LogP contribution is -2.30. The number of nitrogens with zero attached hydrogens (tertiary/aromatic N) is 2. The van der Waals surface area contributed by atoms with E-state index in [0.29, 0.717) is 9.59 Å². The zero-order valence-electron chi connectivity index (χ0n) is 6.20. The lowest BCUT2D eigenvalue weighted by atomic mass is 10.4. The first-order valence-corrected chi connectivity index (χ1v) is 5.72. The van der Waals surface area contributed by atoms with Crippen LogP contribution in [0.2, 0.25) is 4.34 Å². The topological polar surface area (TPSA) is 35.0 Å². The summed E-state index contributed by atoms with van der Waals surface area (Å²) in [6.45, 7) is 1.72. The van der Waals surface area contributed by atoms with Gasteiger partial charge in [0.05, 0.1) is 18.5 Å². The Bertz CT molecular complexity index is 264. The minimum atomic E-state index is 0.628. The standard InChI is InChI=1S/C6H7ClN2OS2/c7-6-5(8-9-12-6)3-11-4-1-10-2-4/h4H,1-3H2. The smallest absolute Gasteiger partial charge is 0.138 e.